The molecular formula is C11H24N2. The molecule has 0 radical (unpaired) electrons. The molecule has 2 nitrogen and oxygen atoms in total. The van der Waals surface area contributed by atoms with Crippen molar-refractivity contribution in [3.63, 3.8) is 0 Å². The van der Waals surface area contributed by atoms with Gasteiger partial charge in [0.15, 0.2) is 0 Å². The number of nitrogens with one attached hydrogen (secondary N) is 1. The lowest BCUT2D eigenvalue weighted by atomic mass is 9.99. The summed E-state index contributed by atoms with van der Waals surface area (Å²) in [5, 5.41) is 6.73. The van der Waals surface area contributed by atoms with E-state index in [9.17, 15) is 0 Å². The summed E-state index contributed by atoms with van der Waals surface area (Å²) in [5.74, 6) is 0. The third-order valence-electron chi connectivity index (χ3n) is 0.949. The van der Waals surface area contributed by atoms with E-state index in [0.717, 1.165) is 0 Å². The molecule has 0 aromatic carbocycles. The van der Waals surface area contributed by atoms with Gasteiger partial charge in [-0.1, -0.05) is 41.5 Å². The molecule has 0 aliphatic rings. The third-order valence-corrected chi connectivity index (χ3v) is 0.949. The maximum absolute atomic E-state index is 6.73. The van der Waals surface area contributed by atoms with Gasteiger partial charge in [-0.05, 0) is 10.8 Å². The molecule has 0 atom stereocenters. The molecule has 0 spiro atoms. The minimum Gasteiger partial charge on any atom is -0.313 e. The van der Waals surface area contributed by atoms with E-state index in [0.29, 0.717) is 0 Å². The Morgan fingerprint density at radius 2 is 1.23 bits per heavy atom. The summed E-state index contributed by atoms with van der Waals surface area (Å²) in [4.78, 5) is 3.88. The van der Waals surface area contributed by atoms with Crippen LogP contribution in [0.4, 0.5) is 0 Å². The highest BCUT2D eigenvalue weighted by atomic mass is 14.6. The summed E-state index contributed by atoms with van der Waals surface area (Å²) in [6.07, 6.45) is 3.38. The summed E-state index contributed by atoms with van der Waals surface area (Å²) >= 11 is 0. The van der Waals surface area contributed by atoms with Crippen LogP contribution in [0.25, 0.3) is 0 Å². The molecule has 0 aromatic heterocycles. The summed E-state index contributed by atoms with van der Waals surface area (Å²) < 4.78 is 0. The molecule has 0 saturated carbocycles. The van der Waals surface area contributed by atoms with Gasteiger partial charge in [0, 0.05) is 19.5 Å². The van der Waals surface area contributed by atoms with Gasteiger partial charge in [0.05, 0.1) is 0 Å². The molecule has 78 valence electrons. The molecular weight excluding hydrogens is 160 g/mol. The van der Waals surface area contributed by atoms with Crippen LogP contribution in [-0.2, 0) is 0 Å². The molecule has 0 heterocycles. The highest BCUT2D eigenvalue weighted by Gasteiger charge is 2.02. The fraction of sp³-hybridized carbons (Fsp3) is 0.818. The Labute approximate surface area is 83.0 Å². The number of nitrogens with zero attached hydrogens (tertiary/aromatic N) is 1. The Morgan fingerprint density at radius 1 is 0.923 bits per heavy atom. The fourth-order valence-electron chi connectivity index (χ4n) is 0.387. The van der Waals surface area contributed by atoms with Gasteiger partial charge in [-0.2, -0.15) is 0 Å². The number of aliphatic imine (C=N–C) groups is 1. The topological polar surface area (TPSA) is 36.2 Å². The molecule has 0 aliphatic carbocycles. The van der Waals surface area contributed by atoms with Crippen LogP contribution in [0, 0.1) is 16.2 Å². The van der Waals surface area contributed by atoms with E-state index in [-0.39, 0.29) is 10.8 Å². The zero-order chi connectivity index (χ0) is 11.1. The average molecular weight is 184 g/mol. The van der Waals surface area contributed by atoms with Crippen LogP contribution >= 0.6 is 0 Å². The second-order valence-electron chi connectivity index (χ2n) is 5.26. The van der Waals surface area contributed by atoms with E-state index in [1.807, 2.05) is 27.0 Å². The van der Waals surface area contributed by atoms with Crippen molar-refractivity contribution in [1.29, 1.82) is 5.41 Å². The van der Waals surface area contributed by atoms with Gasteiger partial charge in [-0.3, -0.25) is 0 Å². The van der Waals surface area contributed by atoms with E-state index in [2.05, 4.69) is 25.8 Å². The first-order chi connectivity index (χ1) is 5.62. The quantitative estimate of drug-likeness (QED) is 0.560. The van der Waals surface area contributed by atoms with Crippen LogP contribution in [0.1, 0.15) is 41.5 Å². The molecule has 0 amide bonds. The molecule has 1 N–H and O–H groups in total. The third kappa shape index (κ3) is 24.6. The van der Waals surface area contributed by atoms with Crippen molar-refractivity contribution in [2.45, 2.75) is 41.5 Å². The number of rotatable bonds is 0. The van der Waals surface area contributed by atoms with E-state index in [1.54, 1.807) is 7.05 Å². The van der Waals surface area contributed by atoms with E-state index >= 15 is 0 Å². The number of hydrogen-bond donors (Lipinski definition) is 1. The summed E-state index contributed by atoms with van der Waals surface area (Å²) in [5.41, 5.74) is 0.342. The Bertz CT molecular complexity index is 156. The van der Waals surface area contributed by atoms with Crippen LogP contribution in [0.15, 0.2) is 4.99 Å². The summed E-state index contributed by atoms with van der Waals surface area (Å²) in [6.45, 7) is 12.4. The van der Waals surface area contributed by atoms with Crippen molar-refractivity contribution in [3.05, 3.63) is 0 Å². The van der Waals surface area contributed by atoms with Gasteiger partial charge < -0.3 is 10.4 Å². The van der Waals surface area contributed by atoms with Crippen molar-refractivity contribution < 1.29 is 0 Å². The second kappa shape index (κ2) is 5.90. The SMILES string of the molecule is CC(C)(C)C=N.CN=CC(C)(C)C. The van der Waals surface area contributed by atoms with Gasteiger partial charge >= 0.3 is 0 Å². The average Bonchev–Trinajstić information content (AvgIpc) is 1.84. The van der Waals surface area contributed by atoms with Gasteiger partial charge in [0.1, 0.15) is 0 Å². The second-order valence-corrected chi connectivity index (χ2v) is 5.26. The molecule has 0 rings (SSSR count). The fourth-order valence-corrected chi connectivity index (χ4v) is 0.387. The zero-order valence-corrected chi connectivity index (χ0v) is 10.1. The van der Waals surface area contributed by atoms with Crippen LogP contribution in [0.3, 0.4) is 0 Å². The highest BCUT2D eigenvalue weighted by Crippen LogP contribution is 2.07. The first kappa shape index (κ1) is 14.8. The number of hydrogen-bond acceptors (Lipinski definition) is 2. The predicted molar refractivity (Wildman–Crippen MR) is 62.1 cm³/mol. The molecule has 0 fully saturated rings. The summed E-state index contributed by atoms with van der Waals surface area (Å²) in [6, 6.07) is 0. The van der Waals surface area contributed by atoms with Crippen molar-refractivity contribution in [3.8, 4) is 0 Å². The maximum atomic E-state index is 6.73. The first-order valence-corrected chi connectivity index (χ1v) is 4.57. The van der Waals surface area contributed by atoms with Crippen molar-refractivity contribution in [2.75, 3.05) is 7.05 Å². The molecule has 0 saturated heterocycles. The Morgan fingerprint density at radius 3 is 1.23 bits per heavy atom. The molecule has 0 aliphatic heterocycles. The minimum absolute atomic E-state index is 0.0833. The van der Waals surface area contributed by atoms with Gasteiger partial charge in [-0.25, -0.2) is 0 Å². The zero-order valence-electron chi connectivity index (χ0n) is 10.1. The van der Waals surface area contributed by atoms with Crippen molar-refractivity contribution in [2.24, 2.45) is 15.8 Å². The Balaban J connectivity index is 0. The lowest BCUT2D eigenvalue weighted by Crippen LogP contribution is -2.05. The maximum Gasteiger partial charge on any atom is 0.0273 e. The smallest absolute Gasteiger partial charge is 0.0273 e. The highest BCUT2D eigenvalue weighted by molar-refractivity contribution is 5.63. The first-order valence-electron chi connectivity index (χ1n) is 4.57. The molecule has 13 heavy (non-hydrogen) atoms. The standard InChI is InChI=1S/C6H13N.C5H11N/c1-6(2,3)5-7-4;1-5(2,3)4-6/h5H,1-4H3;4,6H,1-3H3. The molecule has 0 unspecified atom stereocenters. The molecule has 0 bridgehead atoms. The van der Waals surface area contributed by atoms with E-state index < -0.39 is 0 Å². The van der Waals surface area contributed by atoms with Gasteiger partial charge in [-0.15, -0.1) is 0 Å². The van der Waals surface area contributed by atoms with E-state index in [4.69, 9.17) is 5.41 Å². The predicted octanol–water partition coefficient (Wildman–Crippen LogP) is 3.42. The van der Waals surface area contributed by atoms with Crippen molar-refractivity contribution in [1.82, 2.24) is 0 Å². The van der Waals surface area contributed by atoms with Gasteiger partial charge in [0.25, 0.3) is 0 Å². The van der Waals surface area contributed by atoms with Crippen molar-refractivity contribution >= 4 is 12.4 Å². The molecule has 0 aromatic rings. The summed E-state index contributed by atoms with van der Waals surface area (Å²) in [7, 11) is 1.80. The molecule has 2 heteroatoms. The van der Waals surface area contributed by atoms with Gasteiger partial charge in [0.2, 0.25) is 0 Å². The minimum atomic E-state index is 0.0833. The monoisotopic (exact) mass is 184 g/mol. The Kier molecular flexibility index (Phi) is 6.73. The van der Waals surface area contributed by atoms with Crippen LogP contribution in [0.2, 0.25) is 0 Å². The normalized spacial score (nSPS) is 12.2. The van der Waals surface area contributed by atoms with E-state index in [1.165, 1.54) is 6.21 Å². The largest absolute Gasteiger partial charge is 0.313 e. The van der Waals surface area contributed by atoms with Crippen LogP contribution < -0.4 is 0 Å². The van der Waals surface area contributed by atoms with Crippen LogP contribution in [-0.4, -0.2) is 19.5 Å². The van der Waals surface area contributed by atoms with Crippen LogP contribution in [0.5, 0.6) is 0 Å². The lowest BCUT2D eigenvalue weighted by Gasteiger charge is -2.08. The lowest BCUT2D eigenvalue weighted by molar-refractivity contribution is 0.604. The Hall–Kier alpha value is -0.660.